The van der Waals surface area contributed by atoms with Gasteiger partial charge in [0.15, 0.2) is 0 Å². The van der Waals surface area contributed by atoms with Crippen molar-refractivity contribution < 1.29 is 4.39 Å². The highest BCUT2D eigenvalue weighted by Gasteiger charge is 2.46. The molecule has 0 aliphatic carbocycles. The van der Waals surface area contributed by atoms with E-state index in [1.54, 1.807) is 6.08 Å². The lowest BCUT2D eigenvalue weighted by atomic mass is 9.91. The summed E-state index contributed by atoms with van der Waals surface area (Å²) < 4.78 is 12.1. The molecule has 0 aromatic carbocycles. The summed E-state index contributed by atoms with van der Waals surface area (Å²) in [5.74, 6) is 0. The summed E-state index contributed by atoms with van der Waals surface area (Å²) in [6.45, 7) is 3.43. The van der Waals surface area contributed by atoms with E-state index >= 15 is 0 Å². The summed E-state index contributed by atoms with van der Waals surface area (Å²) in [7, 11) is 0. The molecule has 0 N–H and O–H groups in total. The van der Waals surface area contributed by atoms with E-state index in [0.717, 1.165) is 6.42 Å². The van der Waals surface area contributed by atoms with Crippen LogP contribution in [-0.2, 0) is 0 Å². The molecule has 2 aliphatic heterocycles. The van der Waals surface area contributed by atoms with Gasteiger partial charge in [0.1, 0.15) is 0 Å². The van der Waals surface area contributed by atoms with Crippen LogP contribution in [0.3, 0.4) is 0 Å². The standard InChI is InChI=1S/C11H18FN/c1-2-11-6-3-9-13(11)10(4-7-11)5-8-12/h5,8,10H,2-4,6-7,9H2,1H3/b8-5-/t10?,11-/m0/s1. The summed E-state index contributed by atoms with van der Waals surface area (Å²) in [5, 5.41) is 0. The number of hydrogen-bond donors (Lipinski definition) is 0. The van der Waals surface area contributed by atoms with Crippen molar-refractivity contribution in [1.29, 1.82) is 0 Å². The molecule has 2 fully saturated rings. The van der Waals surface area contributed by atoms with Gasteiger partial charge in [-0.3, -0.25) is 4.90 Å². The van der Waals surface area contributed by atoms with E-state index in [2.05, 4.69) is 11.8 Å². The van der Waals surface area contributed by atoms with Gasteiger partial charge in [0.05, 0.1) is 6.33 Å². The van der Waals surface area contributed by atoms with Gasteiger partial charge >= 0.3 is 0 Å². The van der Waals surface area contributed by atoms with Gasteiger partial charge in [0, 0.05) is 11.6 Å². The van der Waals surface area contributed by atoms with Crippen LogP contribution in [0.5, 0.6) is 0 Å². The number of rotatable bonds is 2. The Kier molecular flexibility index (Phi) is 2.41. The monoisotopic (exact) mass is 183 g/mol. The summed E-state index contributed by atoms with van der Waals surface area (Å²) >= 11 is 0. The second kappa shape index (κ2) is 3.41. The zero-order valence-corrected chi connectivity index (χ0v) is 8.30. The number of hydrogen-bond acceptors (Lipinski definition) is 1. The molecule has 0 aromatic heterocycles. The first-order valence-corrected chi connectivity index (χ1v) is 5.36. The van der Waals surface area contributed by atoms with Crippen molar-refractivity contribution >= 4 is 0 Å². The van der Waals surface area contributed by atoms with Gasteiger partial charge < -0.3 is 0 Å². The van der Waals surface area contributed by atoms with Crippen molar-refractivity contribution in [2.45, 2.75) is 50.6 Å². The molecule has 0 amide bonds. The van der Waals surface area contributed by atoms with Crippen LogP contribution >= 0.6 is 0 Å². The first-order chi connectivity index (χ1) is 6.32. The van der Waals surface area contributed by atoms with Gasteiger partial charge in [-0.25, -0.2) is 4.39 Å². The first kappa shape index (κ1) is 9.20. The largest absolute Gasteiger partial charge is 0.291 e. The summed E-state index contributed by atoms with van der Waals surface area (Å²) in [5.41, 5.74) is 0.435. The maximum atomic E-state index is 12.1. The van der Waals surface area contributed by atoms with Gasteiger partial charge in [0.2, 0.25) is 0 Å². The summed E-state index contributed by atoms with van der Waals surface area (Å²) in [6, 6.07) is 0.382. The third kappa shape index (κ3) is 1.32. The smallest absolute Gasteiger partial charge is 0.0842 e. The molecule has 0 saturated carbocycles. The van der Waals surface area contributed by atoms with Crippen molar-refractivity contribution in [3.05, 3.63) is 12.4 Å². The third-order valence-corrected chi connectivity index (χ3v) is 3.91. The predicted octanol–water partition coefficient (Wildman–Crippen LogP) is 2.88. The Morgan fingerprint density at radius 1 is 1.54 bits per heavy atom. The van der Waals surface area contributed by atoms with Crippen LogP contribution < -0.4 is 0 Å². The molecule has 74 valence electrons. The lowest BCUT2D eigenvalue weighted by Gasteiger charge is -2.33. The molecular formula is C11H18FN. The van der Waals surface area contributed by atoms with Gasteiger partial charge in [0.25, 0.3) is 0 Å². The first-order valence-electron chi connectivity index (χ1n) is 5.36. The predicted molar refractivity (Wildman–Crippen MR) is 52.2 cm³/mol. The number of nitrogens with zero attached hydrogens (tertiary/aromatic N) is 1. The fourth-order valence-electron chi connectivity index (χ4n) is 3.16. The lowest BCUT2D eigenvalue weighted by Crippen LogP contribution is -2.40. The molecule has 2 aliphatic rings. The zero-order valence-electron chi connectivity index (χ0n) is 8.30. The summed E-state index contributed by atoms with van der Waals surface area (Å²) in [4.78, 5) is 2.52. The van der Waals surface area contributed by atoms with Crippen LogP contribution in [0.4, 0.5) is 4.39 Å². The molecule has 2 atom stereocenters. The molecule has 2 rings (SSSR count). The van der Waals surface area contributed by atoms with E-state index in [0.29, 0.717) is 17.9 Å². The Hall–Kier alpha value is -0.370. The van der Waals surface area contributed by atoms with Gasteiger partial charge in [-0.2, -0.15) is 0 Å². The van der Waals surface area contributed by atoms with Crippen LogP contribution in [0, 0.1) is 0 Å². The second-order valence-corrected chi connectivity index (χ2v) is 4.30. The van der Waals surface area contributed by atoms with Crippen molar-refractivity contribution in [3.63, 3.8) is 0 Å². The van der Waals surface area contributed by atoms with E-state index in [1.165, 1.54) is 32.2 Å². The van der Waals surface area contributed by atoms with E-state index in [-0.39, 0.29) is 0 Å². The highest BCUT2D eigenvalue weighted by atomic mass is 19.1. The van der Waals surface area contributed by atoms with Crippen molar-refractivity contribution in [2.24, 2.45) is 0 Å². The molecule has 0 radical (unpaired) electrons. The van der Waals surface area contributed by atoms with E-state index < -0.39 is 0 Å². The van der Waals surface area contributed by atoms with Crippen molar-refractivity contribution in [3.8, 4) is 0 Å². The average molecular weight is 183 g/mol. The number of halogens is 1. The van der Waals surface area contributed by atoms with E-state index in [1.807, 2.05) is 0 Å². The molecule has 2 heteroatoms. The minimum Gasteiger partial charge on any atom is -0.291 e. The van der Waals surface area contributed by atoms with E-state index in [9.17, 15) is 4.39 Å². The van der Waals surface area contributed by atoms with Gasteiger partial charge in [-0.05, 0) is 44.7 Å². The maximum absolute atomic E-state index is 12.1. The zero-order chi connectivity index (χ0) is 9.31. The lowest BCUT2D eigenvalue weighted by molar-refractivity contribution is 0.164. The second-order valence-electron chi connectivity index (χ2n) is 4.30. The van der Waals surface area contributed by atoms with Crippen LogP contribution in [0.2, 0.25) is 0 Å². The van der Waals surface area contributed by atoms with Gasteiger partial charge in [-0.1, -0.05) is 6.92 Å². The molecule has 0 aromatic rings. The highest BCUT2D eigenvalue weighted by molar-refractivity contribution is 5.08. The Morgan fingerprint density at radius 2 is 2.38 bits per heavy atom. The normalized spacial score (nSPS) is 40.3. The van der Waals surface area contributed by atoms with Gasteiger partial charge in [-0.15, -0.1) is 0 Å². The summed E-state index contributed by atoms with van der Waals surface area (Å²) in [6.07, 6.45) is 8.69. The Balaban J connectivity index is 2.15. The van der Waals surface area contributed by atoms with Crippen LogP contribution in [-0.4, -0.2) is 23.0 Å². The Labute approximate surface area is 79.6 Å². The highest BCUT2D eigenvalue weighted by Crippen LogP contribution is 2.44. The molecule has 2 saturated heterocycles. The SMILES string of the molecule is CC[C@@]12CCCN1C(/C=C\F)CC2. The molecule has 0 spiro atoms. The van der Waals surface area contributed by atoms with Crippen LogP contribution in [0.25, 0.3) is 0 Å². The minimum atomic E-state index is 0.382. The number of fused-ring (bicyclic) bond motifs is 1. The molecular weight excluding hydrogens is 165 g/mol. The minimum absolute atomic E-state index is 0.382. The molecule has 1 nitrogen and oxygen atoms in total. The Bertz CT molecular complexity index is 214. The fraction of sp³-hybridized carbons (Fsp3) is 0.818. The van der Waals surface area contributed by atoms with Crippen molar-refractivity contribution in [1.82, 2.24) is 4.90 Å². The Morgan fingerprint density at radius 3 is 3.08 bits per heavy atom. The topological polar surface area (TPSA) is 3.24 Å². The molecule has 1 unspecified atom stereocenters. The van der Waals surface area contributed by atoms with Crippen molar-refractivity contribution in [2.75, 3.05) is 6.54 Å². The van der Waals surface area contributed by atoms with E-state index in [4.69, 9.17) is 0 Å². The maximum Gasteiger partial charge on any atom is 0.0842 e. The van der Waals surface area contributed by atoms with Crippen LogP contribution in [0.1, 0.15) is 39.0 Å². The molecule has 13 heavy (non-hydrogen) atoms. The molecule has 2 heterocycles. The average Bonchev–Trinajstić information content (AvgIpc) is 2.67. The fourth-order valence-corrected chi connectivity index (χ4v) is 3.16. The quantitative estimate of drug-likeness (QED) is 0.636. The third-order valence-electron chi connectivity index (χ3n) is 3.91. The van der Waals surface area contributed by atoms with Crippen LogP contribution in [0.15, 0.2) is 12.4 Å². The molecule has 0 bridgehead atoms.